The highest BCUT2D eigenvalue weighted by atomic mass is 32.1. The molecule has 1 aliphatic carbocycles. The first-order valence-corrected chi connectivity index (χ1v) is 16.6. The van der Waals surface area contributed by atoms with Crippen LogP contribution in [0.4, 0.5) is 17.6 Å². The standard InChI is InChI=1S/C35H43F4N5O3S/c1-6-19(3)28(31(40)48)42-33(47)34(16-15-26-23(18-34)22-12-10-13-24(29(22)41-26)35(37,38)39)43-32(46)30(20(4)7-2)44(5)27(45)17-21-11-8-9-14-25(21)36/h8-14,19-20,28,30,41H,6-7,15-18H2,1-5H3,(H2,40,48)(H,42,47)(H,43,46)/t19?,20?,28-,30-,34+/m0/s1. The number of aromatic amines is 1. The van der Waals surface area contributed by atoms with Crippen molar-refractivity contribution in [2.75, 3.05) is 7.05 Å². The Hall–Kier alpha value is -4.00. The Morgan fingerprint density at radius 3 is 2.33 bits per heavy atom. The molecule has 4 rings (SSSR count). The Kier molecular flexibility index (Phi) is 11.2. The van der Waals surface area contributed by atoms with Crippen LogP contribution in [0.2, 0.25) is 0 Å². The van der Waals surface area contributed by atoms with Gasteiger partial charge in [0.2, 0.25) is 17.7 Å². The van der Waals surface area contributed by atoms with Gasteiger partial charge in [0.15, 0.2) is 0 Å². The highest BCUT2D eigenvalue weighted by Gasteiger charge is 2.47. The van der Waals surface area contributed by atoms with E-state index in [1.807, 2.05) is 20.8 Å². The fraction of sp³-hybridized carbons (Fsp3) is 0.486. The van der Waals surface area contributed by atoms with Crippen molar-refractivity contribution in [1.29, 1.82) is 0 Å². The number of hydrogen-bond acceptors (Lipinski definition) is 4. The summed E-state index contributed by atoms with van der Waals surface area (Å²) in [5.41, 5.74) is 4.70. The van der Waals surface area contributed by atoms with E-state index >= 15 is 0 Å². The van der Waals surface area contributed by atoms with Gasteiger partial charge in [0.1, 0.15) is 17.4 Å². The molecule has 8 nitrogen and oxygen atoms in total. The van der Waals surface area contributed by atoms with Crippen molar-refractivity contribution in [3.63, 3.8) is 0 Å². The maximum atomic E-state index is 14.4. The Morgan fingerprint density at radius 1 is 1.06 bits per heavy atom. The van der Waals surface area contributed by atoms with Crippen LogP contribution in [0.25, 0.3) is 10.9 Å². The summed E-state index contributed by atoms with van der Waals surface area (Å²) < 4.78 is 56.2. The number of aromatic nitrogens is 1. The zero-order valence-electron chi connectivity index (χ0n) is 27.8. The van der Waals surface area contributed by atoms with Crippen molar-refractivity contribution in [2.24, 2.45) is 17.6 Å². The minimum Gasteiger partial charge on any atom is -0.392 e. The number of benzene rings is 2. The molecular weight excluding hydrogens is 646 g/mol. The number of thiocarbonyl (C=S) groups is 1. The summed E-state index contributed by atoms with van der Waals surface area (Å²) in [6, 6.07) is 8.01. The first-order chi connectivity index (χ1) is 22.5. The molecule has 1 heterocycles. The van der Waals surface area contributed by atoms with Gasteiger partial charge >= 0.3 is 6.18 Å². The molecule has 0 aliphatic heterocycles. The Bertz CT molecular complexity index is 1690. The summed E-state index contributed by atoms with van der Waals surface area (Å²) in [6.45, 7) is 7.45. The predicted octanol–water partition coefficient (Wildman–Crippen LogP) is 5.60. The zero-order valence-corrected chi connectivity index (χ0v) is 28.6. The average molecular weight is 690 g/mol. The van der Waals surface area contributed by atoms with Gasteiger partial charge in [-0.15, -0.1) is 0 Å². The van der Waals surface area contributed by atoms with E-state index in [1.165, 1.54) is 36.2 Å². The van der Waals surface area contributed by atoms with Gasteiger partial charge < -0.3 is 26.3 Å². The van der Waals surface area contributed by atoms with Crippen LogP contribution in [0, 0.1) is 17.7 Å². The van der Waals surface area contributed by atoms with Gasteiger partial charge in [-0.3, -0.25) is 14.4 Å². The lowest BCUT2D eigenvalue weighted by molar-refractivity contribution is -0.143. The molecule has 5 atom stereocenters. The molecule has 0 bridgehead atoms. The van der Waals surface area contributed by atoms with E-state index < -0.39 is 52.9 Å². The largest absolute Gasteiger partial charge is 0.418 e. The molecule has 2 aromatic carbocycles. The summed E-state index contributed by atoms with van der Waals surface area (Å²) in [4.78, 5) is 46.4. The van der Waals surface area contributed by atoms with E-state index in [-0.39, 0.29) is 53.6 Å². The second-order valence-electron chi connectivity index (χ2n) is 12.9. The number of hydrogen-bond donors (Lipinski definition) is 4. The number of para-hydroxylation sites is 1. The van der Waals surface area contributed by atoms with E-state index in [0.29, 0.717) is 29.5 Å². The smallest absolute Gasteiger partial charge is 0.392 e. The second kappa shape index (κ2) is 14.6. The lowest BCUT2D eigenvalue weighted by atomic mass is 9.78. The summed E-state index contributed by atoms with van der Waals surface area (Å²) in [5, 5.41) is 6.19. The summed E-state index contributed by atoms with van der Waals surface area (Å²) >= 11 is 5.28. The number of halogens is 4. The molecule has 0 fully saturated rings. The minimum atomic E-state index is -4.61. The highest BCUT2D eigenvalue weighted by Crippen LogP contribution is 2.40. The van der Waals surface area contributed by atoms with Crippen LogP contribution in [0.5, 0.6) is 0 Å². The predicted molar refractivity (Wildman–Crippen MR) is 180 cm³/mol. The van der Waals surface area contributed by atoms with Crippen LogP contribution >= 0.6 is 12.2 Å². The third kappa shape index (κ3) is 7.50. The molecular formula is C35H43F4N5O3S. The molecule has 0 saturated carbocycles. The maximum absolute atomic E-state index is 14.4. The summed E-state index contributed by atoms with van der Waals surface area (Å²) in [6.07, 6.45) is -3.66. The summed E-state index contributed by atoms with van der Waals surface area (Å²) in [7, 11) is 1.47. The lowest BCUT2D eigenvalue weighted by Gasteiger charge is -2.41. The SMILES string of the molecule is CCC(C)[C@H](NC(=O)[C@@]1(NC(=O)[C@H](C(C)CC)N(C)C(=O)Cc2ccccc2F)CCc2[nH]c3c(C(F)(F)F)cccc3c2C1)C(N)=S. The molecule has 0 saturated heterocycles. The zero-order chi connectivity index (χ0) is 35.6. The molecule has 3 amide bonds. The number of nitrogens with zero attached hydrogens (tertiary/aromatic N) is 1. The second-order valence-corrected chi connectivity index (χ2v) is 13.4. The first kappa shape index (κ1) is 36.8. The van der Waals surface area contributed by atoms with E-state index in [1.54, 1.807) is 19.1 Å². The lowest BCUT2D eigenvalue weighted by Crippen LogP contribution is -2.67. The van der Waals surface area contributed by atoms with Crippen LogP contribution in [0.1, 0.15) is 69.3 Å². The first-order valence-electron chi connectivity index (χ1n) is 16.2. The van der Waals surface area contributed by atoms with Crippen LogP contribution in [0.15, 0.2) is 42.5 Å². The molecule has 0 radical (unpaired) electrons. The van der Waals surface area contributed by atoms with Gasteiger partial charge in [-0.1, -0.05) is 83.1 Å². The molecule has 48 heavy (non-hydrogen) atoms. The van der Waals surface area contributed by atoms with Gasteiger partial charge in [-0.25, -0.2) is 4.39 Å². The van der Waals surface area contributed by atoms with Crippen molar-refractivity contribution in [3.8, 4) is 0 Å². The van der Waals surface area contributed by atoms with E-state index in [2.05, 4.69) is 15.6 Å². The number of H-pyrrole nitrogens is 1. The normalized spacial score (nSPS) is 18.7. The van der Waals surface area contributed by atoms with Crippen molar-refractivity contribution in [1.82, 2.24) is 20.5 Å². The molecule has 1 aliphatic rings. The molecule has 13 heteroatoms. The Labute approximate surface area is 283 Å². The van der Waals surface area contributed by atoms with E-state index in [9.17, 15) is 31.9 Å². The maximum Gasteiger partial charge on any atom is 0.418 e. The fourth-order valence-corrected chi connectivity index (χ4v) is 6.80. The van der Waals surface area contributed by atoms with Crippen molar-refractivity contribution in [2.45, 2.75) is 90.0 Å². The van der Waals surface area contributed by atoms with Crippen LogP contribution in [-0.2, 0) is 39.8 Å². The van der Waals surface area contributed by atoms with Crippen molar-refractivity contribution < 1.29 is 31.9 Å². The number of nitrogens with one attached hydrogen (secondary N) is 3. The fourth-order valence-electron chi connectivity index (χ4n) is 6.51. The molecule has 2 unspecified atom stereocenters. The molecule has 0 spiro atoms. The number of rotatable bonds is 12. The van der Waals surface area contributed by atoms with Gasteiger partial charge in [0.25, 0.3) is 0 Å². The Morgan fingerprint density at radius 2 is 1.73 bits per heavy atom. The number of aryl methyl sites for hydroxylation is 1. The van der Waals surface area contributed by atoms with E-state index in [4.69, 9.17) is 18.0 Å². The third-order valence-electron chi connectivity index (χ3n) is 9.78. The van der Waals surface area contributed by atoms with Crippen molar-refractivity contribution >= 4 is 45.8 Å². The van der Waals surface area contributed by atoms with Gasteiger partial charge in [0.05, 0.1) is 28.5 Å². The third-order valence-corrected chi connectivity index (χ3v) is 10.0. The molecule has 1 aromatic heterocycles. The number of carbonyl (C=O) groups is 3. The monoisotopic (exact) mass is 689 g/mol. The Balaban J connectivity index is 1.76. The number of carbonyl (C=O) groups excluding carboxylic acids is 3. The molecule has 3 aromatic rings. The van der Waals surface area contributed by atoms with Crippen LogP contribution in [-0.4, -0.2) is 57.3 Å². The van der Waals surface area contributed by atoms with Crippen LogP contribution in [0.3, 0.4) is 0 Å². The summed E-state index contributed by atoms with van der Waals surface area (Å²) in [5.74, 6) is -2.74. The number of alkyl halides is 3. The molecule has 5 N–H and O–H groups in total. The number of likely N-dealkylation sites (N-methyl/N-ethyl adjacent to an activating group) is 1. The number of nitrogens with two attached hydrogens (primary N) is 1. The van der Waals surface area contributed by atoms with Crippen molar-refractivity contribution in [3.05, 3.63) is 70.7 Å². The average Bonchev–Trinajstić information content (AvgIpc) is 3.41. The minimum absolute atomic E-state index is 0.0520. The number of fused-ring (bicyclic) bond motifs is 3. The van der Waals surface area contributed by atoms with Gasteiger partial charge in [-0.2, -0.15) is 13.2 Å². The van der Waals surface area contributed by atoms with Crippen LogP contribution < -0.4 is 16.4 Å². The quantitative estimate of drug-likeness (QED) is 0.146. The number of amides is 3. The highest BCUT2D eigenvalue weighted by molar-refractivity contribution is 7.80. The van der Waals surface area contributed by atoms with Gasteiger partial charge in [-0.05, 0) is 47.9 Å². The molecule has 260 valence electrons. The van der Waals surface area contributed by atoms with E-state index in [0.717, 1.165) is 6.07 Å². The van der Waals surface area contributed by atoms with Gasteiger partial charge in [0, 0.05) is 24.5 Å². The topological polar surface area (TPSA) is 120 Å².